The normalized spacial score (nSPS) is 10.5. The lowest BCUT2D eigenvalue weighted by molar-refractivity contribution is 0.244. The SMILES string of the molecule is COc1ccc(CCNC(=O)N/C=C/c2cccc(F)c2)cc1. The lowest BCUT2D eigenvalue weighted by Crippen LogP contribution is -2.33. The van der Waals surface area contributed by atoms with Crippen LogP contribution in [0.2, 0.25) is 0 Å². The Morgan fingerprint density at radius 3 is 2.70 bits per heavy atom. The summed E-state index contributed by atoms with van der Waals surface area (Å²) >= 11 is 0. The van der Waals surface area contributed by atoms with E-state index in [0.717, 1.165) is 17.7 Å². The van der Waals surface area contributed by atoms with Crippen molar-refractivity contribution >= 4 is 12.1 Å². The molecule has 2 aromatic rings. The summed E-state index contributed by atoms with van der Waals surface area (Å²) in [6.07, 6.45) is 3.84. The van der Waals surface area contributed by atoms with Crippen LogP contribution in [0.1, 0.15) is 11.1 Å². The molecule has 0 spiro atoms. The first-order valence-electron chi connectivity index (χ1n) is 7.27. The van der Waals surface area contributed by atoms with Crippen molar-refractivity contribution in [1.82, 2.24) is 10.6 Å². The minimum absolute atomic E-state index is 0.300. The number of methoxy groups -OCH3 is 1. The fourth-order valence-corrected chi connectivity index (χ4v) is 1.99. The number of amides is 2. The van der Waals surface area contributed by atoms with Gasteiger partial charge in [-0.2, -0.15) is 0 Å². The number of nitrogens with one attached hydrogen (secondary N) is 2. The Kier molecular flexibility index (Phi) is 6.17. The van der Waals surface area contributed by atoms with Crippen LogP contribution in [0.5, 0.6) is 5.75 Å². The Bertz CT molecular complexity index is 669. The van der Waals surface area contributed by atoms with Gasteiger partial charge in [0.15, 0.2) is 0 Å². The van der Waals surface area contributed by atoms with Crippen LogP contribution >= 0.6 is 0 Å². The topological polar surface area (TPSA) is 50.4 Å². The minimum atomic E-state index is -0.309. The maximum atomic E-state index is 13.0. The summed E-state index contributed by atoms with van der Waals surface area (Å²) in [6, 6.07) is 13.5. The van der Waals surface area contributed by atoms with E-state index in [2.05, 4.69) is 10.6 Å². The van der Waals surface area contributed by atoms with Crippen LogP contribution in [0.15, 0.2) is 54.7 Å². The van der Waals surface area contributed by atoms with Gasteiger partial charge in [-0.05, 0) is 47.9 Å². The number of carbonyl (C=O) groups is 1. The monoisotopic (exact) mass is 314 g/mol. The third kappa shape index (κ3) is 5.82. The number of urea groups is 1. The number of hydrogen-bond acceptors (Lipinski definition) is 2. The van der Waals surface area contributed by atoms with Crippen molar-refractivity contribution in [2.24, 2.45) is 0 Å². The first-order chi connectivity index (χ1) is 11.2. The predicted octanol–water partition coefficient (Wildman–Crippen LogP) is 3.35. The highest BCUT2D eigenvalue weighted by Gasteiger charge is 1.98. The molecular formula is C18H19FN2O2. The van der Waals surface area contributed by atoms with Gasteiger partial charge in [0.25, 0.3) is 0 Å². The third-order valence-electron chi connectivity index (χ3n) is 3.20. The molecule has 0 saturated carbocycles. The number of ether oxygens (including phenoxy) is 1. The van der Waals surface area contributed by atoms with E-state index in [-0.39, 0.29) is 11.8 Å². The molecule has 0 atom stereocenters. The summed E-state index contributed by atoms with van der Waals surface area (Å²) in [6.45, 7) is 0.520. The maximum Gasteiger partial charge on any atom is 0.318 e. The molecule has 0 aliphatic heterocycles. The summed E-state index contributed by atoms with van der Waals surface area (Å²) in [4.78, 5) is 11.6. The van der Waals surface area contributed by atoms with Crippen molar-refractivity contribution in [2.75, 3.05) is 13.7 Å². The molecule has 0 heterocycles. The van der Waals surface area contributed by atoms with Crippen LogP contribution in [0.4, 0.5) is 9.18 Å². The van der Waals surface area contributed by atoms with Crippen LogP contribution in [0.3, 0.4) is 0 Å². The Morgan fingerprint density at radius 1 is 1.22 bits per heavy atom. The zero-order chi connectivity index (χ0) is 16.5. The lowest BCUT2D eigenvalue weighted by Gasteiger charge is -2.06. The largest absolute Gasteiger partial charge is 0.497 e. The first-order valence-corrected chi connectivity index (χ1v) is 7.27. The quantitative estimate of drug-likeness (QED) is 0.859. The van der Waals surface area contributed by atoms with Gasteiger partial charge in [0, 0.05) is 12.7 Å². The molecule has 0 radical (unpaired) electrons. The Morgan fingerprint density at radius 2 is 2.00 bits per heavy atom. The maximum absolute atomic E-state index is 13.0. The zero-order valence-corrected chi connectivity index (χ0v) is 12.9. The highest BCUT2D eigenvalue weighted by Crippen LogP contribution is 2.11. The molecule has 120 valence electrons. The fourth-order valence-electron chi connectivity index (χ4n) is 1.99. The van der Waals surface area contributed by atoms with Crippen molar-refractivity contribution < 1.29 is 13.9 Å². The zero-order valence-electron chi connectivity index (χ0n) is 12.9. The van der Waals surface area contributed by atoms with Crippen molar-refractivity contribution in [2.45, 2.75) is 6.42 Å². The van der Waals surface area contributed by atoms with Gasteiger partial charge in [-0.15, -0.1) is 0 Å². The van der Waals surface area contributed by atoms with Gasteiger partial charge in [0.05, 0.1) is 7.11 Å². The molecule has 0 aliphatic rings. The molecule has 2 N–H and O–H groups in total. The van der Waals surface area contributed by atoms with Gasteiger partial charge < -0.3 is 15.4 Å². The molecule has 0 aliphatic carbocycles. The molecule has 5 heteroatoms. The summed E-state index contributed by atoms with van der Waals surface area (Å²) in [7, 11) is 1.62. The van der Waals surface area contributed by atoms with Gasteiger partial charge >= 0.3 is 6.03 Å². The van der Waals surface area contributed by atoms with E-state index in [1.807, 2.05) is 24.3 Å². The number of benzene rings is 2. The van der Waals surface area contributed by atoms with E-state index in [1.54, 1.807) is 25.3 Å². The molecule has 0 bridgehead atoms. The van der Waals surface area contributed by atoms with E-state index < -0.39 is 0 Å². The van der Waals surface area contributed by atoms with Crippen LogP contribution in [0.25, 0.3) is 6.08 Å². The van der Waals surface area contributed by atoms with E-state index in [9.17, 15) is 9.18 Å². The third-order valence-corrected chi connectivity index (χ3v) is 3.20. The van der Waals surface area contributed by atoms with Crippen LogP contribution in [-0.2, 0) is 6.42 Å². The molecular weight excluding hydrogens is 295 g/mol. The summed E-state index contributed by atoms with van der Waals surface area (Å²) in [5.74, 6) is 0.498. The van der Waals surface area contributed by atoms with Gasteiger partial charge in [0.1, 0.15) is 11.6 Å². The van der Waals surface area contributed by atoms with E-state index >= 15 is 0 Å². The second-order valence-corrected chi connectivity index (χ2v) is 4.89. The standard InChI is InChI=1S/C18H19FN2O2/c1-23-17-7-5-14(6-8-17)9-11-20-18(22)21-12-10-15-3-2-4-16(19)13-15/h2-8,10,12-13H,9,11H2,1H3,(H2,20,21,22)/b12-10+. The van der Waals surface area contributed by atoms with Crippen LogP contribution in [0, 0.1) is 5.82 Å². The molecule has 0 fully saturated rings. The number of halogens is 1. The van der Waals surface area contributed by atoms with Crippen molar-refractivity contribution in [1.29, 1.82) is 0 Å². The first kappa shape index (κ1) is 16.5. The molecule has 2 rings (SSSR count). The summed E-state index contributed by atoms with van der Waals surface area (Å²) < 4.78 is 18.1. The van der Waals surface area contributed by atoms with Crippen molar-refractivity contribution in [3.63, 3.8) is 0 Å². The second kappa shape index (κ2) is 8.58. The average molecular weight is 314 g/mol. The van der Waals surface area contributed by atoms with Gasteiger partial charge in [-0.25, -0.2) is 9.18 Å². The van der Waals surface area contributed by atoms with Crippen molar-refractivity contribution in [3.05, 3.63) is 71.7 Å². The smallest absolute Gasteiger partial charge is 0.318 e. The molecule has 4 nitrogen and oxygen atoms in total. The number of hydrogen-bond donors (Lipinski definition) is 2. The molecule has 23 heavy (non-hydrogen) atoms. The van der Waals surface area contributed by atoms with Gasteiger partial charge in [0.2, 0.25) is 0 Å². The van der Waals surface area contributed by atoms with Crippen LogP contribution in [-0.4, -0.2) is 19.7 Å². The molecule has 0 aromatic heterocycles. The van der Waals surface area contributed by atoms with Crippen LogP contribution < -0.4 is 15.4 Å². The molecule has 2 amide bonds. The van der Waals surface area contributed by atoms with Gasteiger partial charge in [-0.1, -0.05) is 24.3 Å². The lowest BCUT2D eigenvalue weighted by atomic mass is 10.1. The second-order valence-electron chi connectivity index (χ2n) is 4.89. The van der Waals surface area contributed by atoms with E-state index in [1.165, 1.54) is 18.3 Å². The van der Waals surface area contributed by atoms with Gasteiger partial charge in [-0.3, -0.25) is 0 Å². The van der Waals surface area contributed by atoms with E-state index in [0.29, 0.717) is 12.1 Å². The molecule has 0 unspecified atom stereocenters. The Labute approximate surface area is 135 Å². The highest BCUT2D eigenvalue weighted by molar-refractivity contribution is 5.75. The summed E-state index contributed by atoms with van der Waals surface area (Å²) in [5.41, 5.74) is 1.80. The van der Waals surface area contributed by atoms with Crippen molar-refractivity contribution in [3.8, 4) is 5.75 Å². The Hall–Kier alpha value is -2.82. The molecule has 2 aromatic carbocycles. The molecule has 0 saturated heterocycles. The highest BCUT2D eigenvalue weighted by atomic mass is 19.1. The predicted molar refractivity (Wildman–Crippen MR) is 88.7 cm³/mol. The summed E-state index contributed by atoms with van der Waals surface area (Å²) in [5, 5.41) is 5.33. The number of rotatable bonds is 6. The fraction of sp³-hybridized carbons (Fsp3) is 0.167. The average Bonchev–Trinajstić information content (AvgIpc) is 2.55. The van der Waals surface area contributed by atoms with E-state index in [4.69, 9.17) is 4.74 Å². The Balaban J connectivity index is 1.70. The number of carbonyl (C=O) groups excluding carboxylic acids is 1. The minimum Gasteiger partial charge on any atom is -0.497 e.